The molecule has 0 aromatic carbocycles. The van der Waals surface area contributed by atoms with Gasteiger partial charge in [0.25, 0.3) is 0 Å². The van der Waals surface area contributed by atoms with E-state index < -0.39 is 5.60 Å². The van der Waals surface area contributed by atoms with Gasteiger partial charge >= 0.3 is 5.97 Å². The van der Waals surface area contributed by atoms with Crippen molar-refractivity contribution in [3.8, 4) is 0 Å². The average molecular weight is 222 g/mol. The fourth-order valence-corrected chi connectivity index (χ4v) is 2.62. The molecule has 0 saturated heterocycles. The van der Waals surface area contributed by atoms with Crippen molar-refractivity contribution in [1.82, 2.24) is 0 Å². The lowest BCUT2D eigenvalue weighted by Gasteiger charge is -2.39. The Hall–Kier alpha value is -1.09. The number of hydrogen-bond acceptors (Lipinski definition) is 3. The molecule has 2 aliphatic rings. The molecule has 1 fully saturated rings. The van der Waals surface area contributed by atoms with E-state index in [0.29, 0.717) is 12.2 Å². The Labute approximate surface area is 95.8 Å². The number of hydrogen-bond donors (Lipinski definition) is 1. The van der Waals surface area contributed by atoms with Gasteiger partial charge in [0, 0.05) is 19.3 Å². The predicted octanol–water partition coefficient (Wildman–Crippen LogP) is 2.31. The summed E-state index contributed by atoms with van der Waals surface area (Å²) in [6.45, 7) is 3.26. The van der Waals surface area contributed by atoms with Crippen LogP contribution in [0.3, 0.4) is 0 Å². The van der Waals surface area contributed by atoms with Crippen LogP contribution < -0.4 is 0 Å². The van der Waals surface area contributed by atoms with E-state index in [1.54, 1.807) is 0 Å². The molecule has 0 aromatic heterocycles. The van der Waals surface area contributed by atoms with E-state index in [1.165, 1.54) is 12.5 Å². The zero-order chi connectivity index (χ0) is 11.8. The number of carbonyl (C=O) groups is 1. The maximum absolute atomic E-state index is 10.9. The lowest BCUT2D eigenvalue weighted by molar-refractivity contribution is -0.137. The molecular formula is C13H18O3. The minimum atomic E-state index is -0.699. The van der Waals surface area contributed by atoms with E-state index in [4.69, 9.17) is 4.74 Å². The third-order valence-corrected chi connectivity index (χ3v) is 3.41. The number of rotatable bonds is 1. The summed E-state index contributed by atoms with van der Waals surface area (Å²) >= 11 is 0. The van der Waals surface area contributed by atoms with E-state index in [2.05, 4.69) is 6.08 Å². The molecule has 0 bridgehead atoms. The zero-order valence-electron chi connectivity index (χ0n) is 9.82. The second kappa shape index (κ2) is 4.06. The number of ether oxygens (including phenoxy) is 1. The predicted molar refractivity (Wildman–Crippen MR) is 60.5 cm³/mol. The third-order valence-electron chi connectivity index (χ3n) is 3.41. The molecule has 2 aliphatic carbocycles. The summed E-state index contributed by atoms with van der Waals surface area (Å²) in [7, 11) is 0. The first-order valence-corrected chi connectivity index (χ1v) is 5.79. The van der Waals surface area contributed by atoms with Gasteiger partial charge in [-0.1, -0.05) is 11.6 Å². The highest BCUT2D eigenvalue weighted by molar-refractivity contribution is 5.67. The number of fused-ring (bicyclic) bond motifs is 1. The van der Waals surface area contributed by atoms with Crippen molar-refractivity contribution in [2.45, 2.75) is 45.1 Å². The number of allylic oxidation sites excluding steroid dienone is 1. The molecule has 0 amide bonds. The topological polar surface area (TPSA) is 46.5 Å². The first-order valence-electron chi connectivity index (χ1n) is 5.79. The van der Waals surface area contributed by atoms with Gasteiger partial charge in [-0.3, -0.25) is 4.79 Å². The second-order valence-electron chi connectivity index (χ2n) is 4.90. The highest BCUT2D eigenvalue weighted by atomic mass is 16.5. The van der Waals surface area contributed by atoms with E-state index in [1.807, 2.05) is 13.0 Å². The quantitative estimate of drug-likeness (QED) is 0.547. The van der Waals surface area contributed by atoms with Crippen LogP contribution in [0.1, 0.15) is 39.5 Å². The molecule has 2 rings (SSSR count). The molecule has 0 spiro atoms. The highest BCUT2D eigenvalue weighted by Crippen LogP contribution is 2.41. The molecule has 0 aliphatic heterocycles. The Morgan fingerprint density at radius 1 is 1.62 bits per heavy atom. The lowest BCUT2D eigenvalue weighted by Crippen LogP contribution is -2.38. The normalized spacial score (nSPS) is 33.6. The Bertz CT molecular complexity index is 363. The number of aliphatic hydroxyl groups is 1. The van der Waals surface area contributed by atoms with E-state index in [-0.39, 0.29) is 11.9 Å². The maximum Gasteiger partial charge on any atom is 0.307 e. The van der Waals surface area contributed by atoms with Gasteiger partial charge in [0.05, 0.1) is 5.60 Å². The fourth-order valence-electron chi connectivity index (χ4n) is 2.62. The standard InChI is InChI=1S/C13H18O3/c1-9(14)16-11-6-5-10-4-3-7-13(2,15)12(10)8-11/h5,8,12,15H,3-4,6-7H2,1-2H3/t12-,13-/m0/s1. The van der Waals surface area contributed by atoms with Crippen LogP contribution in [0, 0.1) is 5.92 Å². The molecule has 0 aromatic rings. The summed E-state index contributed by atoms with van der Waals surface area (Å²) in [6.07, 6.45) is 7.56. The second-order valence-corrected chi connectivity index (χ2v) is 4.90. The molecule has 2 atom stereocenters. The van der Waals surface area contributed by atoms with Gasteiger partial charge in [0.1, 0.15) is 5.76 Å². The third kappa shape index (κ3) is 2.19. The Balaban J connectivity index is 2.19. The van der Waals surface area contributed by atoms with E-state index in [9.17, 15) is 9.90 Å². The molecule has 1 saturated carbocycles. The number of carbonyl (C=O) groups excluding carboxylic acids is 1. The maximum atomic E-state index is 10.9. The SMILES string of the molecule is CC(=O)OC1=C[C@H]2C(=CC1)CCC[C@]2(C)O. The summed E-state index contributed by atoms with van der Waals surface area (Å²) in [6, 6.07) is 0. The number of esters is 1. The summed E-state index contributed by atoms with van der Waals surface area (Å²) in [5, 5.41) is 10.3. The van der Waals surface area contributed by atoms with Crippen molar-refractivity contribution in [2.75, 3.05) is 0 Å². The summed E-state index contributed by atoms with van der Waals surface area (Å²) < 4.78 is 5.10. The van der Waals surface area contributed by atoms with E-state index in [0.717, 1.165) is 19.3 Å². The Morgan fingerprint density at radius 3 is 3.06 bits per heavy atom. The van der Waals surface area contributed by atoms with Gasteiger partial charge in [-0.15, -0.1) is 0 Å². The molecule has 0 radical (unpaired) electrons. The van der Waals surface area contributed by atoms with Crippen LogP contribution in [0.5, 0.6) is 0 Å². The fraction of sp³-hybridized carbons (Fsp3) is 0.615. The molecule has 3 heteroatoms. The van der Waals surface area contributed by atoms with Crippen molar-refractivity contribution in [3.05, 3.63) is 23.5 Å². The lowest BCUT2D eigenvalue weighted by atomic mass is 9.71. The van der Waals surface area contributed by atoms with Crippen molar-refractivity contribution in [2.24, 2.45) is 5.92 Å². The minimum absolute atomic E-state index is 0.0179. The van der Waals surface area contributed by atoms with Crippen LogP contribution >= 0.6 is 0 Å². The monoisotopic (exact) mass is 222 g/mol. The van der Waals surface area contributed by atoms with Gasteiger partial charge in [0.15, 0.2) is 0 Å². The van der Waals surface area contributed by atoms with Gasteiger partial charge in [-0.05, 0) is 32.3 Å². The Morgan fingerprint density at radius 2 is 2.38 bits per heavy atom. The molecule has 3 nitrogen and oxygen atoms in total. The average Bonchev–Trinajstić information content (AvgIpc) is 2.18. The summed E-state index contributed by atoms with van der Waals surface area (Å²) in [5.41, 5.74) is 0.586. The van der Waals surface area contributed by atoms with Gasteiger partial charge in [-0.2, -0.15) is 0 Å². The van der Waals surface area contributed by atoms with E-state index >= 15 is 0 Å². The van der Waals surface area contributed by atoms with Crippen molar-refractivity contribution >= 4 is 5.97 Å². The first kappa shape index (κ1) is 11.4. The van der Waals surface area contributed by atoms with Crippen LogP contribution in [0.4, 0.5) is 0 Å². The molecule has 0 unspecified atom stereocenters. The zero-order valence-corrected chi connectivity index (χ0v) is 9.82. The largest absolute Gasteiger partial charge is 0.431 e. The molecular weight excluding hydrogens is 204 g/mol. The Kier molecular flexibility index (Phi) is 2.89. The van der Waals surface area contributed by atoms with Crippen LogP contribution in [0.25, 0.3) is 0 Å². The highest BCUT2D eigenvalue weighted by Gasteiger charge is 2.37. The molecule has 1 N–H and O–H groups in total. The van der Waals surface area contributed by atoms with Crippen LogP contribution in [-0.4, -0.2) is 16.7 Å². The first-order chi connectivity index (χ1) is 7.49. The summed E-state index contributed by atoms with van der Waals surface area (Å²) in [5.74, 6) is 0.395. The summed E-state index contributed by atoms with van der Waals surface area (Å²) in [4.78, 5) is 10.9. The minimum Gasteiger partial charge on any atom is -0.431 e. The van der Waals surface area contributed by atoms with Crippen LogP contribution in [-0.2, 0) is 9.53 Å². The molecule has 16 heavy (non-hydrogen) atoms. The van der Waals surface area contributed by atoms with Gasteiger partial charge < -0.3 is 9.84 Å². The smallest absolute Gasteiger partial charge is 0.307 e. The molecule has 0 heterocycles. The van der Waals surface area contributed by atoms with Crippen molar-refractivity contribution in [3.63, 3.8) is 0 Å². The van der Waals surface area contributed by atoms with Crippen molar-refractivity contribution in [1.29, 1.82) is 0 Å². The van der Waals surface area contributed by atoms with Crippen LogP contribution in [0.2, 0.25) is 0 Å². The van der Waals surface area contributed by atoms with Crippen molar-refractivity contribution < 1.29 is 14.6 Å². The van der Waals surface area contributed by atoms with Crippen LogP contribution in [0.15, 0.2) is 23.5 Å². The van der Waals surface area contributed by atoms with Gasteiger partial charge in [0.2, 0.25) is 0 Å². The molecule has 88 valence electrons. The van der Waals surface area contributed by atoms with Gasteiger partial charge in [-0.25, -0.2) is 0 Å².